The molecule has 1 aliphatic carbocycles. The maximum atomic E-state index is 15.5. The molecule has 1 saturated heterocycles. The van der Waals surface area contributed by atoms with E-state index in [1.165, 1.54) is 0 Å². The summed E-state index contributed by atoms with van der Waals surface area (Å²) >= 11 is 0. The summed E-state index contributed by atoms with van der Waals surface area (Å²) in [7, 11) is 0. The smallest absolute Gasteiger partial charge is 0.324 e. The highest BCUT2D eigenvalue weighted by Crippen LogP contribution is 2.42. The number of benzene rings is 1. The molecule has 10 nitrogen and oxygen atoms in total. The molecule has 0 radical (unpaired) electrons. The van der Waals surface area contributed by atoms with Gasteiger partial charge in [0.05, 0.1) is 5.69 Å². The van der Waals surface area contributed by atoms with Gasteiger partial charge in [-0.05, 0) is 49.6 Å². The van der Waals surface area contributed by atoms with Crippen LogP contribution < -0.4 is 16.4 Å². The summed E-state index contributed by atoms with van der Waals surface area (Å²) in [5, 5.41) is 15.8. The largest absolute Gasteiger partial charge is 0.480 e. The molecule has 3 heterocycles. The van der Waals surface area contributed by atoms with E-state index in [9.17, 15) is 9.90 Å². The van der Waals surface area contributed by atoms with Gasteiger partial charge in [0.15, 0.2) is 5.82 Å². The van der Waals surface area contributed by atoms with E-state index in [0.29, 0.717) is 81.7 Å². The molecule has 38 heavy (non-hydrogen) atoms. The summed E-state index contributed by atoms with van der Waals surface area (Å²) in [6.07, 6.45) is 7.40. The second-order valence-corrected chi connectivity index (χ2v) is 9.80. The number of rotatable bonds is 11. The molecule has 1 aromatic carbocycles. The number of aromatic nitrogens is 3. The van der Waals surface area contributed by atoms with Crippen LogP contribution >= 0.6 is 0 Å². The maximum Gasteiger partial charge on any atom is 0.324 e. The lowest BCUT2D eigenvalue weighted by molar-refractivity contribution is -0.146. The standard InChI is InChI=1S/C27H33FN8O2/c28-24-20(18-35-11-13-36(14-12-35)27(6-7-27)25(37)38)3-1-4-22(24)34-23-15-19(5-10-30-23)21-16-32-26(33-17-21)31-9-2-8-29/h1,3-5,10,15-17H,2,6-9,11-14,18,29H2,(H,30,34)(H,37,38)(H,31,32,33). The summed E-state index contributed by atoms with van der Waals surface area (Å²) in [6.45, 7) is 4.55. The number of halogens is 1. The van der Waals surface area contributed by atoms with Crippen LogP contribution in [0.2, 0.25) is 0 Å². The molecule has 2 aromatic heterocycles. The van der Waals surface area contributed by atoms with Crippen LogP contribution in [0.4, 0.5) is 21.8 Å². The minimum absolute atomic E-state index is 0.317. The number of nitrogens with two attached hydrogens (primary N) is 1. The Morgan fingerprint density at radius 3 is 2.53 bits per heavy atom. The third-order valence-corrected chi connectivity index (χ3v) is 7.24. The van der Waals surface area contributed by atoms with Crippen molar-refractivity contribution in [3.8, 4) is 11.1 Å². The lowest BCUT2D eigenvalue weighted by Gasteiger charge is -2.38. The number of piperazine rings is 1. The van der Waals surface area contributed by atoms with E-state index in [2.05, 4.69) is 35.4 Å². The Hall–Kier alpha value is -3.67. The van der Waals surface area contributed by atoms with Crippen LogP contribution in [0.25, 0.3) is 11.1 Å². The van der Waals surface area contributed by atoms with E-state index in [1.807, 2.05) is 18.2 Å². The van der Waals surface area contributed by atoms with Crippen LogP contribution in [0.3, 0.4) is 0 Å². The number of carbonyl (C=O) groups is 1. The third-order valence-electron chi connectivity index (χ3n) is 7.24. The van der Waals surface area contributed by atoms with E-state index < -0.39 is 11.5 Å². The molecular formula is C27H33FN8O2. The van der Waals surface area contributed by atoms with E-state index in [1.54, 1.807) is 30.7 Å². The molecule has 0 unspecified atom stereocenters. The van der Waals surface area contributed by atoms with E-state index in [-0.39, 0.29) is 5.82 Å². The molecule has 1 aliphatic heterocycles. The molecule has 1 saturated carbocycles. The highest BCUT2D eigenvalue weighted by molar-refractivity contribution is 5.82. The lowest BCUT2D eigenvalue weighted by atomic mass is 10.1. The van der Waals surface area contributed by atoms with Gasteiger partial charge in [-0.25, -0.2) is 19.3 Å². The van der Waals surface area contributed by atoms with Crippen molar-refractivity contribution in [1.82, 2.24) is 24.8 Å². The van der Waals surface area contributed by atoms with E-state index in [0.717, 1.165) is 17.5 Å². The van der Waals surface area contributed by atoms with Gasteiger partial charge in [0.2, 0.25) is 5.95 Å². The van der Waals surface area contributed by atoms with Crippen molar-refractivity contribution in [3.05, 3.63) is 60.3 Å². The van der Waals surface area contributed by atoms with Crippen LogP contribution in [-0.2, 0) is 11.3 Å². The van der Waals surface area contributed by atoms with Gasteiger partial charge in [0.25, 0.3) is 0 Å². The van der Waals surface area contributed by atoms with Gasteiger partial charge in [-0.1, -0.05) is 12.1 Å². The average Bonchev–Trinajstić information content (AvgIpc) is 3.75. The van der Waals surface area contributed by atoms with Gasteiger partial charge >= 0.3 is 5.97 Å². The van der Waals surface area contributed by atoms with Crippen molar-refractivity contribution >= 4 is 23.4 Å². The van der Waals surface area contributed by atoms with Crippen molar-refractivity contribution in [1.29, 1.82) is 0 Å². The second kappa shape index (κ2) is 11.4. The van der Waals surface area contributed by atoms with Crippen LogP contribution in [0.15, 0.2) is 48.9 Å². The van der Waals surface area contributed by atoms with Gasteiger partial charge in [0, 0.05) is 69.0 Å². The molecule has 0 atom stereocenters. The number of nitrogens with zero attached hydrogens (tertiary/aromatic N) is 5. The van der Waals surface area contributed by atoms with Crippen LogP contribution in [0, 0.1) is 5.82 Å². The molecule has 5 N–H and O–H groups in total. The summed E-state index contributed by atoms with van der Waals surface area (Å²) < 4.78 is 15.5. The highest BCUT2D eigenvalue weighted by atomic mass is 19.1. The molecule has 2 aliphatic rings. The first kappa shape index (κ1) is 26.0. The number of carboxylic acids is 1. The highest BCUT2D eigenvalue weighted by Gasteiger charge is 2.55. The predicted octanol–water partition coefficient (Wildman–Crippen LogP) is 2.92. The number of anilines is 3. The fourth-order valence-electron chi connectivity index (χ4n) is 4.84. The third kappa shape index (κ3) is 5.74. The number of hydrogen-bond donors (Lipinski definition) is 4. The Balaban J connectivity index is 1.21. The Kier molecular flexibility index (Phi) is 7.77. The second-order valence-electron chi connectivity index (χ2n) is 9.80. The quantitative estimate of drug-likeness (QED) is 0.280. The minimum Gasteiger partial charge on any atom is -0.480 e. The molecule has 0 bridgehead atoms. The van der Waals surface area contributed by atoms with Gasteiger partial charge in [-0.15, -0.1) is 0 Å². The van der Waals surface area contributed by atoms with Gasteiger partial charge in [-0.2, -0.15) is 0 Å². The fraction of sp³-hybridized carbons (Fsp3) is 0.407. The zero-order valence-corrected chi connectivity index (χ0v) is 21.2. The number of hydrogen-bond acceptors (Lipinski definition) is 9. The zero-order chi connectivity index (χ0) is 26.5. The Labute approximate surface area is 221 Å². The lowest BCUT2D eigenvalue weighted by Crippen LogP contribution is -2.53. The molecule has 0 amide bonds. The number of pyridine rings is 1. The minimum atomic E-state index is -0.728. The summed E-state index contributed by atoms with van der Waals surface area (Å²) in [5.74, 6) is 0.0143. The first-order valence-corrected chi connectivity index (χ1v) is 13.0. The van der Waals surface area contributed by atoms with Crippen molar-refractivity contribution < 1.29 is 14.3 Å². The molecule has 3 aromatic rings. The van der Waals surface area contributed by atoms with Crippen molar-refractivity contribution in [2.75, 3.05) is 49.9 Å². The molecule has 2 fully saturated rings. The summed E-state index contributed by atoms with van der Waals surface area (Å²) in [6, 6.07) is 9.00. The predicted molar refractivity (Wildman–Crippen MR) is 144 cm³/mol. The summed E-state index contributed by atoms with van der Waals surface area (Å²) in [4.78, 5) is 28.9. The first-order valence-electron chi connectivity index (χ1n) is 13.0. The first-order chi connectivity index (χ1) is 18.5. The molecule has 5 rings (SSSR count). The Morgan fingerprint density at radius 2 is 1.84 bits per heavy atom. The van der Waals surface area contributed by atoms with Crippen molar-refractivity contribution in [3.63, 3.8) is 0 Å². The van der Waals surface area contributed by atoms with Gasteiger partial charge in [0.1, 0.15) is 11.4 Å². The Bertz CT molecular complexity index is 1260. The number of aliphatic carboxylic acids is 1. The average molecular weight is 521 g/mol. The van der Waals surface area contributed by atoms with Gasteiger partial charge < -0.3 is 21.5 Å². The normalized spacial score (nSPS) is 17.2. The molecular weight excluding hydrogens is 487 g/mol. The van der Waals surface area contributed by atoms with E-state index in [4.69, 9.17) is 5.73 Å². The van der Waals surface area contributed by atoms with Crippen LogP contribution in [0.5, 0.6) is 0 Å². The SMILES string of the molecule is NCCCNc1ncc(-c2ccnc(Nc3cccc(CN4CCN(C5(C(=O)O)CC5)CC4)c3F)c2)cn1. The maximum absolute atomic E-state index is 15.5. The van der Waals surface area contributed by atoms with Crippen molar-refractivity contribution in [2.24, 2.45) is 5.73 Å². The molecule has 0 spiro atoms. The van der Waals surface area contributed by atoms with Crippen LogP contribution in [0.1, 0.15) is 24.8 Å². The summed E-state index contributed by atoms with van der Waals surface area (Å²) in [5.41, 5.74) is 7.47. The monoisotopic (exact) mass is 520 g/mol. The fourth-order valence-corrected chi connectivity index (χ4v) is 4.84. The van der Waals surface area contributed by atoms with E-state index >= 15 is 4.39 Å². The van der Waals surface area contributed by atoms with Crippen LogP contribution in [-0.4, -0.2) is 80.6 Å². The van der Waals surface area contributed by atoms with Gasteiger partial charge in [-0.3, -0.25) is 14.6 Å². The molecule has 11 heteroatoms. The van der Waals surface area contributed by atoms with Crippen molar-refractivity contribution in [2.45, 2.75) is 31.3 Å². The molecule has 200 valence electrons. The Morgan fingerprint density at radius 1 is 1.08 bits per heavy atom. The topological polar surface area (TPSA) is 133 Å². The number of nitrogens with one attached hydrogen (secondary N) is 2. The zero-order valence-electron chi connectivity index (χ0n) is 21.2. The number of carboxylic acid groups (broad SMARTS) is 1.